The van der Waals surface area contributed by atoms with Crippen LogP contribution >= 0.6 is 12.2 Å². The molecule has 0 bridgehead atoms. The van der Waals surface area contributed by atoms with E-state index in [1.165, 1.54) is 5.56 Å². The third-order valence-electron chi connectivity index (χ3n) is 2.85. The fourth-order valence-electron chi connectivity index (χ4n) is 1.79. The van der Waals surface area contributed by atoms with Crippen molar-refractivity contribution in [2.75, 3.05) is 0 Å². The third kappa shape index (κ3) is 2.61. The van der Waals surface area contributed by atoms with Crippen molar-refractivity contribution in [2.24, 2.45) is 0 Å². The summed E-state index contributed by atoms with van der Waals surface area (Å²) in [5.74, 6) is 1.72. The molecule has 1 N–H and O–H groups in total. The van der Waals surface area contributed by atoms with Crippen LogP contribution in [0.1, 0.15) is 23.9 Å². The molecule has 1 heterocycles. The number of aryl methyl sites for hydroxylation is 2. The van der Waals surface area contributed by atoms with Crippen LogP contribution in [0, 0.1) is 18.6 Å². The van der Waals surface area contributed by atoms with Crippen molar-refractivity contribution < 1.29 is 4.74 Å². The van der Waals surface area contributed by atoms with Gasteiger partial charge in [0.2, 0.25) is 0 Å². The molecule has 0 aliphatic rings. The Kier molecular flexibility index (Phi) is 3.81. The van der Waals surface area contributed by atoms with Gasteiger partial charge in [-0.25, -0.2) is 0 Å². The number of aromatic amines is 1. The second-order valence-electron chi connectivity index (χ2n) is 4.25. The maximum absolute atomic E-state index is 5.81. The Hall–Kier alpha value is -1.62. The van der Waals surface area contributed by atoms with Gasteiger partial charge in [0, 0.05) is 6.54 Å². The van der Waals surface area contributed by atoms with Gasteiger partial charge in [-0.3, -0.25) is 5.10 Å². The number of rotatable bonds is 4. The normalized spacial score (nSPS) is 10.6. The molecular formula is C13H17N3OS. The van der Waals surface area contributed by atoms with Crippen LogP contribution in [0.25, 0.3) is 0 Å². The van der Waals surface area contributed by atoms with Crippen molar-refractivity contribution in [1.29, 1.82) is 0 Å². The first kappa shape index (κ1) is 12.8. The van der Waals surface area contributed by atoms with Crippen LogP contribution in [0.5, 0.6) is 5.75 Å². The van der Waals surface area contributed by atoms with Crippen LogP contribution in [-0.4, -0.2) is 14.8 Å². The summed E-state index contributed by atoms with van der Waals surface area (Å²) in [7, 11) is 0. The van der Waals surface area contributed by atoms with Gasteiger partial charge in [0.1, 0.15) is 12.4 Å². The third-order valence-corrected chi connectivity index (χ3v) is 3.17. The predicted octanol–water partition coefficient (Wildman–Crippen LogP) is 3.16. The van der Waals surface area contributed by atoms with Crippen LogP contribution in [0.2, 0.25) is 0 Å². The van der Waals surface area contributed by atoms with Crippen molar-refractivity contribution in [2.45, 2.75) is 33.9 Å². The monoisotopic (exact) mass is 263 g/mol. The molecular weight excluding hydrogens is 246 g/mol. The lowest BCUT2D eigenvalue weighted by Gasteiger charge is -2.10. The van der Waals surface area contributed by atoms with E-state index in [-0.39, 0.29) is 0 Å². The van der Waals surface area contributed by atoms with Crippen LogP contribution in [-0.2, 0) is 13.2 Å². The Morgan fingerprint density at radius 2 is 2.17 bits per heavy atom. The van der Waals surface area contributed by atoms with E-state index in [0.29, 0.717) is 11.4 Å². The Morgan fingerprint density at radius 1 is 1.39 bits per heavy atom. The summed E-state index contributed by atoms with van der Waals surface area (Å²) >= 11 is 5.14. The number of ether oxygens (including phenoxy) is 1. The van der Waals surface area contributed by atoms with Gasteiger partial charge in [-0.1, -0.05) is 12.1 Å². The number of hydrogen-bond acceptors (Lipinski definition) is 3. The van der Waals surface area contributed by atoms with Crippen LogP contribution in [0.4, 0.5) is 0 Å². The topological polar surface area (TPSA) is 42.8 Å². The summed E-state index contributed by atoms with van der Waals surface area (Å²) in [5, 5.41) is 6.96. The first-order valence-electron chi connectivity index (χ1n) is 5.96. The molecule has 0 saturated carbocycles. The van der Waals surface area contributed by atoms with Gasteiger partial charge in [0.25, 0.3) is 0 Å². The molecule has 0 aliphatic carbocycles. The van der Waals surface area contributed by atoms with E-state index in [0.717, 1.165) is 23.7 Å². The van der Waals surface area contributed by atoms with Gasteiger partial charge in [0.05, 0.1) is 0 Å². The molecule has 0 fully saturated rings. The molecule has 2 rings (SSSR count). The molecule has 0 saturated heterocycles. The number of hydrogen-bond donors (Lipinski definition) is 1. The predicted molar refractivity (Wildman–Crippen MR) is 73.3 cm³/mol. The summed E-state index contributed by atoms with van der Waals surface area (Å²) in [6.07, 6.45) is 0. The smallest absolute Gasteiger partial charge is 0.195 e. The van der Waals surface area contributed by atoms with E-state index in [1.54, 1.807) is 0 Å². The average molecular weight is 263 g/mol. The van der Waals surface area contributed by atoms with E-state index < -0.39 is 0 Å². The minimum absolute atomic E-state index is 0.422. The Labute approximate surface area is 112 Å². The zero-order chi connectivity index (χ0) is 13.1. The summed E-state index contributed by atoms with van der Waals surface area (Å²) in [6.45, 7) is 7.33. The van der Waals surface area contributed by atoms with Gasteiger partial charge in [0.15, 0.2) is 10.6 Å². The van der Waals surface area contributed by atoms with E-state index in [1.807, 2.05) is 24.5 Å². The number of aromatic nitrogens is 3. The van der Waals surface area contributed by atoms with Crippen LogP contribution in [0.15, 0.2) is 18.2 Å². The van der Waals surface area contributed by atoms with Gasteiger partial charge in [-0.05, 0) is 50.2 Å². The molecule has 4 nitrogen and oxygen atoms in total. The number of nitrogens with one attached hydrogen (secondary N) is 1. The zero-order valence-corrected chi connectivity index (χ0v) is 11.7. The largest absolute Gasteiger partial charge is 0.485 e. The van der Waals surface area contributed by atoms with Gasteiger partial charge in [-0.2, -0.15) is 5.10 Å². The number of H-pyrrole nitrogens is 1. The Morgan fingerprint density at radius 3 is 2.89 bits per heavy atom. The van der Waals surface area contributed by atoms with Crippen molar-refractivity contribution in [3.8, 4) is 5.75 Å². The molecule has 0 aliphatic heterocycles. The highest BCUT2D eigenvalue weighted by Gasteiger charge is 2.06. The maximum Gasteiger partial charge on any atom is 0.195 e. The molecule has 18 heavy (non-hydrogen) atoms. The average Bonchev–Trinajstić information content (AvgIpc) is 2.71. The minimum Gasteiger partial charge on any atom is -0.485 e. The second-order valence-corrected chi connectivity index (χ2v) is 4.63. The molecule has 0 unspecified atom stereocenters. The fraction of sp³-hybridized carbons (Fsp3) is 0.385. The van der Waals surface area contributed by atoms with Crippen molar-refractivity contribution >= 4 is 12.2 Å². The lowest BCUT2D eigenvalue weighted by molar-refractivity contribution is 0.287. The van der Waals surface area contributed by atoms with Gasteiger partial charge < -0.3 is 9.30 Å². The first-order chi connectivity index (χ1) is 8.61. The van der Waals surface area contributed by atoms with E-state index in [4.69, 9.17) is 17.0 Å². The van der Waals surface area contributed by atoms with E-state index in [2.05, 4.69) is 29.3 Å². The van der Waals surface area contributed by atoms with Gasteiger partial charge >= 0.3 is 0 Å². The summed E-state index contributed by atoms with van der Waals surface area (Å²) < 4.78 is 8.38. The lowest BCUT2D eigenvalue weighted by atomic mass is 10.1. The molecule has 1 aromatic carbocycles. The second kappa shape index (κ2) is 5.35. The molecule has 2 aromatic rings. The molecule has 0 amide bonds. The summed E-state index contributed by atoms with van der Waals surface area (Å²) in [5.41, 5.74) is 2.31. The zero-order valence-electron chi connectivity index (χ0n) is 10.9. The van der Waals surface area contributed by atoms with E-state index in [9.17, 15) is 0 Å². The van der Waals surface area contributed by atoms with Crippen LogP contribution in [0.3, 0.4) is 0 Å². The first-order valence-corrected chi connectivity index (χ1v) is 6.36. The Balaban J connectivity index is 2.16. The molecule has 0 atom stereocenters. The lowest BCUT2D eigenvalue weighted by Crippen LogP contribution is -2.06. The fourth-order valence-corrected chi connectivity index (χ4v) is 2.07. The molecule has 0 radical (unpaired) electrons. The minimum atomic E-state index is 0.422. The summed E-state index contributed by atoms with van der Waals surface area (Å²) in [6, 6.07) is 6.17. The highest BCUT2D eigenvalue weighted by atomic mass is 32.1. The highest BCUT2D eigenvalue weighted by Crippen LogP contribution is 2.20. The molecule has 96 valence electrons. The molecule has 5 heteroatoms. The van der Waals surface area contributed by atoms with Crippen molar-refractivity contribution in [1.82, 2.24) is 14.8 Å². The van der Waals surface area contributed by atoms with E-state index >= 15 is 0 Å². The number of benzene rings is 1. The maximum atomic E-state index is 5.81. The van der Waals surface area contributed by atoms with Gasteiger partial charge in [-0.15, -0.1) is 0 Å². The standard InChI is InChI=1S/C13H17N3OS/c1-4-16-12(14-15-13(16)18)8-17-11-7-9(2)5-6-10(11)3/h5-7H,4,8H2,1-3H3,(H,15,18). The van der Waals surface area contributed by atoms with Crippen LogP contribution < -0.4 is 4.74 Å². The van der Waals surface area contributed by atoms with Crippen molar-refractivity contribution in [3.05, 3.63) is 39.9 Å². The molecule has 1 aromatic heterocycles. The summed E-state index contributed by atoms with van der Waals surface area (Å²) in [4.78, 5) is 0. The molecule has 0 spiro atoms. The SMILES string of the molecule is CCn1c(COc2cc(C)ccc2C)n[nH]c1=S. The highest BCUT2D eigenvalue weighted by molar-refractivity contribution is 7.71. The quantitative estimate of drug-likeness (QED) is 0.862. The van der Waals surface area contributed by atoms with Crippen molar-refractivity contribution in [3.63, 3.8) is 0 Å². The Bertz CT molecular complexity index is 601. The number of nitrogens with zero attached hydrogens (tertiary/aromatic N) is 2.